The van der Waals surface area contributed by atoms with Crippen molar-refractivity contribution in [3.8, 4) is 23.0 Å². The van der Waals surface area contributed by atoms with Crippen LogP contribution in [-0.4, -0.2) is 33.8 Å². The lowest BCUT2D eigenvalue weighted by molar-refractivity contribution is 0.417. The molecule has 0 aromatic heterocycles. The molecule has 4 aromatic carbocycles. The van der Waals surface area contributed by atoms with Crippen LogP contribution < -0.4 is 40.2 Å². The minimum Gasteiger partial charge on any atom is -0.496 e. The second-order valence-electron chi connectivity index (χ2n) is 8.32. The maximum absolute atomic E-state index is 5.93. The zero-order chi connectivity index (χ0) is 26.2. The van der Waals surface area contributed by atoms with Gasteiger partial charge in [0.05, 0.1) is 28.4 Å². The van der Waals surface area contributed by atoms with Crippen molar-refractivity contribution in [3.63, 3.8) is 0 Å². The number of ether oxygens (including phenoxy) is 4. The van der Waals surface area contributed by atoms with Crippen LogP contribution in [0.3, 0.4) is 0 Å². The monoisotopic (exact) mass is 532 g/mol. The summed E-state index contributed by atoms with van der Waals surface area (Å²) in [5, 5.41) is 5.05. The van der Waals surface area contributed by atoms with E-state index >= 15 is 0 Å². The summed E-state index contributed by atoms with van der Waals surface area (Å²) >= 11 is 0. The minimum atomic E-state index is -0.921. The number of hydrogen-bond acceptors (Lipinski definition) is 4. The second kappa shape index (κ2) is 13.0. The fraction of sp³-hybridized carbons (Fsp3) is 0.226. The summed E-state index contributed by atoms with van der Waals surface area (Å²) in [6.45, 7) is 2.28. The molecule has 0 saturated heterocycles. The highest BCUT2D eigenvalue weighted by atomic mass is 31.2. The fourth-order valence-corrected chi connectivity index (χ4v) is 12.2. The normalized spacial score (nSPS) is 11.1. The highest BCUT2D eigenvalue weighted by molar-refractivity contribution is 7.90. The molecule has 0 amide bonds. The third-order valence-corrected chi connectivity index (χ3v) is 13.2. The molecule has 0 aliphatic carbocycles. The first kappa shape index (κ1) is 27.0. The largest absolute Gasteiger partial charge is 0.496 e. The molecule has 0 aliphatic rings. The molecule has 0 fully saturated rings. The standard InChI is InChI=1S/C31H34O4P2/c1-6-31(36(27-19-11-7-15-23(27)32-2)28-20-12-8-16-24(28)33-3)37(29-21-13-9-17-25(29)34-4)30-22-14-10-18-26(30)35-5/h7-22,31H,6H2,1-5H3. The molecule has 0 bridgehead atoms. The van der Waals surface area contributed by atoms with Gasteiger partial charge in [0.1, 0.15) is 23.0 Å². The average molecular weight is 533 g/mol. The van der Waals surface area contributed by atoms with Crippen molar-refractivity contribution >= 4 is 37.1 Å². The summed E-state index contributed by atoms with van der Waals surface area (Å²) in [6.07, 6.45) is 0.948. The van der Waals surface area contributed by atoms with Gasteiger partial charge in [0.15, 0.2) is 0 Å². The zero-order valence-electron chi connectivity index (χ0n) is 22.0. The van der Waals surface area contributed by atoms with E-state index in [1.807, 2.05) is 24.3 Å². The quantitative estimate of drug-likeness (QED) is 0.221. The summed E-state index contributed by atoms with van der Waals surface area (Å²) < 4.78 is 23.7. The summed E-state index contributed by atoms with van der Waals surface area (Å²) in [4.78, 5) is 0. The van der Waals surface area contributed by atoms with Gasteiger partial charge in [0.2, 0.25) is 0 Å². The lowest BCUT2D eigenvalue weighted by Crippen LogP contribution is -2.29. The van der Waals surface area contributed by atoms with Crippen LogP contribution in [0.25, 0.3) is 0 Å². The van der Waals surface area contributed by atoms with E-state index in [9.17, 15) is 0 Å². The van der Waals surface area contributed by atoms with Crippen LogP contribution in [0.1, 0.15) is 13.3 Å². The van der Waals surface area contributed by atoms with Gasteiger partial charge in [0.25, 0.3) is 0 Å². The first-order valence-electron chi connectivity index (χ1n) is 12.3. The number of rotatable bonds is 11. The maximum Gasteiger partial charge on any atom is 0.126 e. The molecule has 6 heteroatoms. The minimum absolute atomic E-state index is 0.241. The van der Waals surface area contributed by atoms with Crippen molar-refractivity contribution in [1.82, 2.24) is 0 Å². The van der Waals surface area contributed by atoms with Crippen LogP contribution in [0.5, 0.6) is 23.0 Å². The Morgan fingerprint density at radius 1 is 0.459 bits per heavy atom. The number of benzene rings is 4. The van der Waals surface area contributed by atoms with Gasteiger partial charge in [-0.15, -0.1) is 0 Å². The highest BCUT2D eigenvalue weighted by Gasteiger charge is 2.37. The van der Waals surface area contributed by atoms with E-state index in [-0.39, 0.29) is 5.40 Å². The summed E-state index contributed by atoms with van der Waals surface area (Å²) in [5.74, 6) is 3.59. The van der Waals surface area contributed by atoms with Crippen molar-refractivity contribution in [2.75, 3.05) is 28.4 Å². The molecule has 192 valence electrons. The number of methoxy groups -OCH3 is 4. The first-order valence-corrected chi connectivity index (χ1v) is 15.1. The topological polar surface area (TPSA) is 36.9 Å². The van der Waals surface area contributed by atoms with Gasteiger partial charge in [0, 0.05) is 26.6 Å². The van der Waals surface area contributed by atoms with Crippen LogP contribution in [0.2, 0.25) is 0 Å². The molecule has 4 nitrogen and oxygen atoms in total. The Kier molecular flexibility index (Phi) is 9.45. The van der Waals surface area contributed by atoms with E-state index in [0.717, 1.165) is 29.4 Å². The van der Waals surface area contributed by atoms with Gasteiger partial charge in [-0.05, 0) is 46.5 Å². The SMILES string of the molecule is CCC(P(c1ccccc1OC)c1ccccc1OC)P(c1ccccc1OC)c1ccccc1OC. The van der Waals surface area contributed by atoms with Crippen molar-refractivity contribution in [1.29, 1.82) is 0 Å². The molecule has 4 rings (SSSR count). The Morgan fingerprint density at radius 2 is 0.703 bits per heavy atom. The Bertz CT molecular complexity index is 1120. The van der Waals surface area contributed by atoms with Crippen molar-refractivity contribution < 1.29 is 18.9 Å². The molecule has 0 N–H and O–H groups in total. The molecule has 0 unspecified atom stereocenters. The van der Waals surface area contributed by atoms with Crippen molar-refractivity contribution in [2.45, 2.75) is 18.7 Å². The molecule has 0 spiro atoms. The smallest absolute Gasteiger partial charge is 0.126 e. The van der Waals surface area contributed by atoms with Gasteiger partial charge < -0.3 is 18.9 Å². The lowest BCUT2D eigenvalue weighted by atomic mass is 10.3. The predicted molar refractivity (Wildman–Crippen MR) is 158 cm³/mol. The van der Waals surface area contributed by atoms with Gasteiger partial charge in [-0.25, -0.2) is 0 Å². The summed E-state index contributed by atoms with van der Waals surface area (Å²) in [5.41, 5.74) is 0. The lowest BCUT2D eigenvalue weighted by Gasteiger charge is -2.37. The molecule has 37 heavy (non-hydrogen) atoms. The molecule has 0 saturated carbocycles. The highest BCUT2D eigenvalue weighted by Crippen LogP contribution is 2.61. The molecule has 0 heterocycles. The molecular formula is C31H34O4P2. The van der Waals surface area contributed by atoms with E-state index in [1.165, 1.54) is 21.2 Å². The maximum atomic E-state index is 5.93. The average Bonchev–Trinajstić information content (AvgIpc) is 2.97. The van der Waals surface area contributed by atoms with E-state index < -0.39 is 15.8 Å². The van der Waals surface area contributed by atoms with E-state index in [1.54, 1.807) is 28.4 Å². The molecule has 0 radical (unpaired) electrons. The number of para-hydroxylation sites is 4. The number of hydrogen-bond donors (Lipinski definition) is 0. The molecule has 0 atom stereocenters. The Hall–Kier alpha value is -3.06. The zero-order valence-corrected chi connectivity index (χ0v) is 23.8. The predicted octanol–water partition coefficient (Wildman–Crippen LogP) is 6.02. The summed E-state index contributed by atoms with van der Waals surface area (Å²) in [6, 6.07) is 33.6. The van der Waals surface area contributed by atoms with Crippen LogP contribution in [0.4, 0.5) is 0 Å². The summed E-state index contributed by atoms with van der Waals surface area (Å²) in [7, 11) is 5.15. The van der Waals surface area contributed by atoms with Gasteiger partial charge in [-0.3, -0.25) is 0 Å². The third kappa shape index (κ3) is 5.61. The van der Waals surface area contributed by atoms with E-state index in [2.05, 4.69) is 79.7 Å². The van der Waals surface area contributed by atoms with E-state index in [4.69, 9.17) is 18.9 Å². The Labute approximate surface area is 223 Å². The van der Waals surface area contributed by atoms with E-state index in [0.29, 0.717) is 0 Å². The van der Waals surface area contributed by atoms with Gasteiger partial charge in [-0.1, -0.05) is 79.7 Å². The third-order valence-electron chi connectivity index (χ3n) is 6.34. The Balaban J connectivity index is 2.05. The Morgan fingerprint density at radius 3 is 0.919 bits per heavy atom. The molecular weight excluding hydrogens is 498 g/mol. The molecule has 4 aromatic rings. The van der Waals surface area contributed by atoms with Crippen molar-refractivity contribution in [3.05, 3.63) is 97.1 Å². The van der Waals surface area contributed by atoms with Crippen LogP contribution in [0.15, 0.2) is 97.1 Å². The van der Waals surface area contributed by atoms with Gasteiger partial charge >= 0.3 is 0 Å². The second-order valence-corrected chi connectivity index (χ2v) is 13.4. The van der Waals surface area contributed by atoms with Crippen LogP contribution in [0, 0.1) is 0 Å². The van der Waals surface area contributed by atoms with Crippen molar-refractivity contribution in [2.24, 2.45) is 0 Å². The molecule has 0 aliphatic heterocycles. The fourth-order valence-electron chi connectivity index (χ4n) is 4.70. The van der Waals surface area contributed by atoms with Crippen LogP contribution >= 0.6 is 15.8 Å². The first-order chi connectivity index (χ1) is 18.2. The van der Waals surface area contributed by atoms with Gasteiger partial charge in [-0.2, -0.15) is 0 Å². The van der Waals surface area contributed by atoms with Crippen LogP contribution in [-0.2, 0) is 0 Å².